The number of carbonyl (C=O) groups is 1. The van der Waals surface area contributed by atoms with E-state index in [9.17, 15) is 18.0 Å². The maximum absolute atomic E-state index is 13.7. The van der Waals surface area contributed by atoms with Crippen LogP contribution in [0.3, 0.4) is 0 Å². The van der Waals surface area contributed by atoms with Crippen molar-refractivity contribution in [1.82, 2.24) is 15.1 Å². The number of hydrogen-bond donors (Lipinski definition) is 1. The predicted molar refractivity (Wildman–Crippen MR) is 94.9 cm³/mol. The zero-order valence-corrected chi connectivity index (χ0v) is 15.0. The van der Waals surface area contributed by atoms with Crippen LogP contribution in [0.1, 0.15) is 31.2 Å². The highest BCUT2D eigenvalue weighted by Gasteiger charge is 2.32. The zero-order chi connectivity index (χ0) is 19.0. The molecule has 2 atom stereocenters. The molecule has 0 saturated carbocycles. The molecule has 0 radical (unpaired) electrons. The fourth-order valence-electron chi connectivity index (χ4n) is 4.09. The number of fused-ring (bicyclic) bond motifs is 4. The fraction of sp³-hybridized carbons (Fsp3) is 0.450. The van der Waals surface area contributed by atoms with E-state index in [1.54, 1.807) is 0 Å². The summed E-state index contributed by atoms with van der Waals surface area (Å²) in [6, 6.07) is 1.60. The quantitative estimate of drug-likeness (QED) is 0.880. The molecule has 3 aliphatic heterocycles. The van der Waals surface area contributed by atoms with Crippen molar-refractivity contribution in [3.05, 3.63) is 58.7 Å². The van der Waals surface area contributed by atoms with Crippen molar-refractivity contribution >= 4 is 5.91 Å². The molecule has 0 aliphatic carbocycles. The van der Waals surface area contributed by atoms with Gasteiger partial charge in [0.15, 0.2) is 0 Å². The van der Waals surface area contributed by atoms with Gasteiger partial charge in [-0.2, -0.15) is 0 Å². The Balaban J connectivity index is 1.45. The molecule has 1 amide bonds. The average Bonchev–Trinajstić information content (AvgIpc) is 2.82. The van der Waals surface area contributed by atoms with Crippen LogP contribution in [-0.4, -0.2) is 41.4 Å². The SMILES string of the molecule is O=C(NCc1c(F)cc(F)cc1F)C1=CN2C(=CC1)CN1CCCCC2C1. The van der Waals surface area contributed by atoms with Gasteiger partial charge in [-0.3, -0.25) is 9.69 Å². The first-order chi connectivity index (χ1) is 13.0. The van der Waals surface area contributed by atoms with Gasteiger partial charge in [0.25, 0.3) is 0 Å². The van der Waals surface area contributed by atoms with Gasteiger partial charge < -0.3 is 10.2 Å². The zero-order valence-electron chi connectivity index (χ0n) is 15.0. The van der Waals surface area contributed by atoms with Crippen LogP contribution in [0.5, 0.6) is 0 Å². The van der Waals surface area contributed by atoms with Gasteiger partial charge in [-0.1, -0.05) is 12.5 Å². The third-order valence-corrected chi connectivity index (χ3v) is 5.52. The van der Waals surface area contributed by atoms with E-state index in [0.717, 1.165) is 26.1 Å². The first kappa shape index (κ1) is 18.1. The van der Waals surface area contributed by atoms with Crippen molar-refractivity contribution in [3.63, 3.8) is 0 Å². The number of nitrogens with one attached hydrogen (secondary N) is 1. The third-order valence-electron chi connectivity index (χ3n) is 5.52. The molecule has 3 heterocycles. The van der Waals surface area contributed by atoms with Crippen molar-refractivity contribution in [1.29, 1.82) is 0 Å². The lowest BCUT2D eigenvalue weighted by Gasteiger charge is -2.43. The number of hydrogen-bond acceptors (Lipinski definition) is 3. The second-order valence-electron chi connectivity index (χ2n) is 7.38. The normalized spacial score (nSPS) is 24.5. The van der Waals surface area contributed by atoms with Crippen LogP contribution >= 0.6 is 0 Å². The standard InChI is InChI=1S/C20H22F3N3O/c21-14-7-18(22)17(19(23)8-14)9-24-20(27)13-4-5-16-12-25-6-2-1-3-15(11-25)26(16)10-13/h5,7-8,10,15H,1-4,6,9,11-12H2,(H,24,27). The van der Waals surface area contributed by atoms with E-state index in [4.69, 9.17) is 0 Å². The molecule has 2 fully saturated rings. The maximum atomic E-state index is 13.7. The van der Waals surface area contributed by atoms with Gasteiger partial charge in [0.2, 0.25) is 5.91 Å². The maximum Gasteiger partial charge on any atom is 0.249 e. The molecule has 27 heavy (non-hydrogen) atoms. The van der Waals surface area contributed by atoms with Crippen LogP contribution in [0.25, 0.3) is 0 Å². The monoisotopic (exact) mass is 377 g/mol. The van der Waals surface area contributed by atoms with Gasteiger partial charge in [-0.15, -0.1) is 0 Å². The van der Waals surface area contributed by atoms with E-state index in [-0.39, 0.29) is 18.0 Å². The minimum absolute atomic E-state index is 0.318. The molecule has 4 rings (SSSR count). The summed E-state index contributed by atoms with van der Waals surface area (Å²) in [5.41, 5.74) is 1.45. The van der Waals surface area contributed by atoms with Gasteiger partial charge in [-0.05, 0) is 25.8 Å². The summed E-state index contributed by atoms with van der Waals surface area (Å²) in [6.07, 6.45) is 7.90. The van der Waals surface area contributed by atoms with E-state index in [1.807, 2.05) is 6.20 Å². The number of carbonyl (C=O) groups excluding carboxylic acids is 1. The van der Waals surface area contributed by atoms with Crippen LogP contribution in [-0.2, 0) is 11.3 Å². The Bertz CT molecular complexity index is 798. The summed E-state index contributed by atoms with van der Waals surface area (Å²) < 4.78 is 40.5. The highest BCUT2D eigenvalue weighted by Crippen LogP contribution is 2.30. The van der Waals surface area contributed by atoms with E-state index < -0.39 is 17.5 Å². The number of allylic oxidation sites excluding steroid dienone is 1. The first-order valence-electron chi connectivity index (χ1n) is 9.33. The summed E-state index contributed by atoms with van der Waals surface area (Å²) in [5.74, 6) is -3.33. The second-order valence-corrected chi connectivity index (χ2v) is 7.38. The van der Waals surface area contributed by atoms with Crippen molar-refractivity contribution in [2.75, 3.05) is 19.6 Å². The molecule has 0 aromatic heterocycles. The molecule has 7 heteroatoms. The fourth-order valence-corrected chi connectivity index (χ4v) is 4.09. The van der Waals surface area contributed by atoms with Crippen LogP contribution in [0.15, 0.2) is 35.7 Å². The summed E-state index contributed by atoms with van der Waals surface area (Å²) in [4.78, 5) is 17.2. The number of benzene rings is 1. The third kappa shape index (κ3) is 3.74. The van der Waals surface area contributed by atoms with Gasteiger partial charge in [0, 0.05) is 60.8 Å². The van der Waals surface area contributed by atoms with Gasteiger partial charge >= 0.3 is 0 Å². The number of amides is 1. The van der Waals surface area contributed by atoms with E-state index in [1.165, 1.54) is 18.5 Å². The van der Waals surface area contributed by atoms with Crippen molar-refractivity contribution in [2.24, 2.45) is 0 Å². The number of piperazine rings is 1. The molecule has 1 N–H and O–H groups in total. The molecule has 2 bridgehead atoms. The molecule has 144 valence electrons. The number of nitrogens with zero attached hydrogens (tertiary/aromatic N) is 2. The molecular formula is C20H22F3N3O. The van der Waals surface area contributed by atoms with Gasteiger partial charge in [0.05, 0.1) is 0 Å². The van der Waals surface area contributed by atoms with Crippen LogP contribution in [0.4, 0.5) is 13.2 Å². The van der Waals surface area contributed by atoms with Gasteiger partial charge in [-0.25, -0.2) is 13.2 Å². The molecule has 2 saturated heterocycles. The number of halogens is 3. The molecule has 0 spiro atoms. The van der Waals surface area contributed by atoms with Crippen molar-refractivity contribution in [3.8, 4) is 0 Å². The summed E-state index contributed by atoms with van der Waals surface area (Å²) in [5, 5.41) is 2.56. The lowest BCUT2D eigenvalue weighted by atomic mass is 10.0. The molecule has 3 aliphatic rings. The minimum Gasteiger partial charge on any atom is -0.348 e. The minimum atomic E-state index is -0.998. The molecule has 1 aromatic carbocycles. The van der Waals surface area contributed by atoms with Crippen LogP contribution < -0.4 is 5.32 Å². The summed E-state index contributed by atoms with van der Waals surface area (Å²) in [7, 11) is 0. The molecular weight excluding hydrogens is 355 g/mol. The van der Waals surface area contributed by atoms with Gasteiger partial charge in [0.1, 0.15) is 17.5 Å². The predicted octanol–water partition coefficient (Wildman–Crippen LogP) is 3.06. The number of rotatable bonds is 3. The lowest BCUT2D eigenvalue weighted by Crippen LogP contribution is -2.49. The Labute approximate surface area is 156 Å². The Morgan fingerprint density at radius 2 is 1.96 bits per heavy atom. The van der Waals surface area contributed by atoms with E-state index in [0.29, 0.717) is 30.2 Å². The smallest absolute Gasteiger partial charge is 0.249 e. The largest absolute Gasteiger partial charge is 0.348 e. The average molecular weight is 377 g/mol. The Morgan fingerprint density at radius 1 is 1.19 bits per heavy atom. The molecule has 2 unspecified atom stereocenters. The van der Waals surface area contributed by atoms with Crippen LogP contribution in [0, 0.1) is 17.5 Å². The second kappa shape index (κ2) is 7.38. The van der Waals surface area contributed by atoms with E-state index in [2.05, 4.69) is 21.2 Å². The van der Waals surface area contributed by atoms with E-state index >= 15 is 0 Å². The molecule has 1 aromatic rings. The highest BCUT2D eigenvalue weighted by atomic mass is 19.1. The molecule has 4 nitrogen and oxygen atoms in total. The van der Waals surface area contributed by atoms with Crippen molar-refractivity contribution in [2.45, 2.75) is 38.3 Å². The van der Waals surface area contributed by atoms with Crippen LogP contribution in [0.2, 0.25) is 0 Å². The summed E-state index contributed by atoms with van der Waals surface area (Å²) >= 11 is 0. The Kier molecular flexibility index (Phi) is 4.95. The summed E-state index contributed by atoms with van der Waals surface area (Å²) in [6.45, 7) is 2.69. The lowest BCUT2D eigenvalue weighted by molar-refractivity contribution is -0.117. The highest BCUT2D eigenvalue weighted by molar-refractivity contribution is 5.93. The first-order valence-corrected chi connectivity index (χ1v) is 9.33. The topological polar surface area (TPSA) is 35.6 Å². The van der Waals surface area contributed by atoms with Crippen molar-refractivity contribution < 1.29 is 18.0 Å². The Hall–Kier alpha value is -2.28. The Morgan fingerprint density at radius 3 is 2.74 bits per heavy atom.